The molecule has 3 aliphatic rings. The summed E-state index contributed by atoms with van der Waals surface area (Å²) in [6.45, 7) is 2.18. The summed E-state index contributed by atoms with van der Waals surface area (Å²) >= 11 is 0. The third-order valence-corrected chi connectivity index (χ3v) is 6.81. The molecule has 2 aliphatic heterocycles. The zero-order valence-electron chi connectivity index (χ0n) is 20.1. The van der Waals surface area contributed by atoms with Gasteiger partial charge in [0.1, 0.15) is 18.0 Å². The number of benzene rings is 2. The van der Waals surface area contributed by atoms with Crippen LogP contribution in [-0.4, -0.2) is 65.1 Å². The third-order valence-electron chi connectivity index (χ3n) is 6.81. The molecule has 9 heteroatoms. The summed E-state index contributed by atoms with van der Waals surface area (Å²) in [5, 5.41) is 23.5. The van der Waals surface area contributed by atoms with E-state index in [1.807, 2.05) is 43.3 Å². The van der Waals surface area contributed by atoms with Crippen LogP contribution in [-0.2, 0) is 16.1 Å². The number of carbonyl (C=O) groups excluding carboxylic acids is 2. The smallest absolute Gasteiger partial charge is 0.247 e. The number of rotatable bonds is 8. The van der Waals surface area contributed by atoms with Crippen molar-refractivity contribution in [2.45, 2.75) is 50.5 Å². The number of amides is 2. The van der Waals surface area contributed by atoms with Crippen molar-refractivity contribution in [1.82, 2.24) is 10.2 Å². The molecular formula is C27H30N2O7. The first-order valence-corrected chi connectivity index (χ1v) is 12.2. The van der Waals surface area contributed by atoms with E-state index in [1.54, 1.807) is 17.0 Å². The minimum atomic E-state index is -1.06. The van der Waals surface area contributed by atoms with Crippen LogP contribution in [0.1, 0.15) is 36.8 Å². The Morgan fingerprint density at radius 2 is 1.92 bits per heavy atom. The molecule has 2 heterocycles. The lowest BCUT2D eigenvalue weighted by atomic mass is 9.77. The Kier molecular flexibility index (Phi) is 6.84. The van der Waals surface area contributed by atoms with Gasteiger partial charge in [0.2, 0.25) is 18.6 Å². The molecule has 36 heavy (non-hydrogen) atoms. The van der Waals surface area contributed by atoms with Gasteiger partial charge >= 0.3 is 0 Å². The van der Waals surface area contributed by atoms with Gasteiger partial charge in [0.05, 0.1) is 18.6 Å². The summed E-state index contributed by atoms with van der Waals surface area (Å²) in [4.78, 5) is 28.1. The Morgan fingerprint density at radius 1 is 1.11 bits per heavy atom. The van der Waals surface area contributed by atoms with Crippen molar-refractivity contribution in [3.05, 3.63) is 65.2 Å². The molecule has 0 spiro atoms. The number of nitrogens with one attached hydrogen (secondary N) is 1. The molecule has 5 rings (SSSR count). The first-order chi connectivity index (χ1) is 17.5. The topological polar surface area (TPSA) is 118 Å². The average Bonchev–Trinajstić information content (AvgIpc) is 3.51. The van der Waals surface area contributed by atoms with Gasteiger partial charge in [0.15, 0.2) is 11.5 Å². The van der Waals surface area contributed by atoms with E-state index in [-0.39, 0.29) is 38.3 Å². The van der Waals surface area contributed by atoms with E-state index in [2.05, 4.69) is 5.32 Å². The van der Waals surface area contributed by atoms with Gasteiger partial charge in [-0.2, -0.15) is 0 Å². The number of hydrogen-bond donors (Lipinski definition) is 3. The molecule has 0 saturated heterocycles. The Balaban J connectivity index is 1.53. The van der Waals surface area contributed by atoms with Gasteiger partial charge in [-0.25, -0.2) is 0 Å². The number of carbonyl (C=O) groups is 2. The van der Waals surface area contributed by atoms with Crippen molar-refractivity contribution in [2.75, 3.05) is 19.9 Å². The molecule has 2 aromatic rings. The fourth-order valence-corrected chi connectivity index (χ4v) is 5.14. The van der Waals surface area contributed by atoms with Gasteiger partial charge < -0.3 is 34.6 Å². The molecule has 0 saturated carbocycles. The van der Waals surface area contributed by atoms with Crippen molar-refractivity contribution in [1.29, 1.82) is 0 Å². The number of nitrogens with zero attached hydrogens (tertiary/aromatic N) is 1. The van der Waals surface area contributed by atoms with Crippen LogP contribution >= 0.6 is 0 Å². The van der Waals surface area contributed by atoms with E-state index >= 15 is 0 Å². The normalized spacial score (nSPS) is 23.2. The summed E-state index contributed by atoms with van der Waals surface area (Å²) in [7, 11) is 0. The van der Waals surface area contributed by atoms with Gasteiger partial charge in [-0.15, -0.1) is 0 Å². The Hall–Kier alpha value is -3.56. The molecule has 0 fully saturated rings. The molecule has 2 amide bonds. The highest BCUT2D eigenvalue weighted by Gasteiger charge is 2.50. The maximum absolute atomic E-state index is 13.3. The third kappa shape index (κ3) is 4.40. The van der Waals surface area contributed by atoms with E-state index in [9.17, 15) is 19.8 Å². The van der Waals surface area contributed by atoms with Gasteiger partial charge in [-0.3, -0.25) is 9.59 Å². The molecular weight excluding hydrogens is 464 g/mol. The highest BCUT2D eigenvalue weighted by atomic mass is 16.7. The molecule has 0 bridgehead atoms. The predicted molar refractivity (Wildman–Crippen MR) is 130 cm³/mol. The quantitative estimate of drug-likeness (QED) is 0.513. The van der Waals surface area contributed by atoms with Crippen LogP contribution in [0.3, 0.4) is 0 Å². The second kappa shape index (κ2) is 10.2. The number of hydrogen-bond acceptors (Lipinski definition) is 7. The predicted octanol–water partition coefficient (Wildman–Crippen LogP) is 1.87. The number of para-hydroxylation sites is 1. The van der Waals surface area contributed by atoms with Crippen LogP contribution in [0.4, 0.5) is 0 Å². The summed E-state index contributed by atoms with van der Waals surface area (Å²) in [5.74, 6) is 0.872. The highest BCUT2D eigenvalue weighted by Crippen LogP contribution is 2.47. The fourth-order valence-electron chi connectivity index (χ4n) is 5.14. The van der Waals surface area contributed by atoms with E-state index in [4.69, 9.17) is 14.2 Å². The van der Waals surface area contributed by atoms with Crippen LogP contribution in [0.5, 0.6) is 17.2 Å². The number of aliphatic hydroxyl groups is 2. The molecule has 2 aromatic carbocycles. The van der Waals surface area contributed by atoms with E-state index in [1.165, 1.54) is 0 Å². The second-order valence-corrected chi connectivity index (χ2v) is 9.14. The molecule has 0 aromatic heterocycles. The molecule has 1 aliphatic carbocycles. The van der Waals surface area contributed by atoms with Crippen LogP contribution in [0.25, 0.3) is 0 Å². The molecule has 4 atom stereocenters. The van der Waals surface area contributed by atoms with Gasteiger partial charge in [-0.05, 0) is 36.3 Å². The summed E-state index contributed by atoms with van der Waals surface area (Å²) in [6, 6.07) is 12.1. The molecule has 9 nitrogen and oxygen atoms in total. The zero-order valence-corrected chi connectivity index (χ0v) is 20.1. The molecule has 3 N–H and O–H groups in total. The molecule has 0 radical (unpaired) electrons. The van der Waals surface area contributed by atoms with Crippen LogP contribution < -0.4 is 19.5 Å². The molecule has 0 unspecified atom stereocenters. The Labute approximate surface area is 209 Å². The van der Waals surface area contributed by atoms with Crippen LogP contribution in [0.15, 0.2) is 54.1 Å². The lowest BCUT2D eigenvalue weighted by Crippen LogP contribution is -2.55. The first-order valence-electron chi connectivity index (χ1n) is 12.2. The summed E-state index contributed by atoms with van der Waals surface area (Å²) in [5.41, 5.74) is 2.04. The SMILES string of the molecule is CCCC(=O)N(Cc1ccc2c(c1)OCO2)[C@@H]1C=C(C(=O)NCCO)[C@@H]2c3ccccc3O[C@@H]2[C@H]1O. The van der Waals surface area contributed by atoms with E-state index in [0.717, 1.165) is 11.1 Å². The standard InChI is InChI=1S/C27H30N2O7/c1-2-5-23(31)29(14-16-8-9-21-22(12-16)35-15-34-21)19-13-18(27(33)28-10-11-30)24-17-6-3-4-7-20(17)36-26(24)25(19)32/h3-4,6-9,12-13,19,24-26,30,32H,2,5,10-11,14-15H2,1H3,(H,28,33)/t19-,24+,25+,26+/m1/s1. The van der Waals surface area contributed by atoms with Crippen molar-refractivity contribution in [2.24, 2.45) is 0 Å². The Morgan fingerprint density at radius 3 is 2.72 bits per heavy atom. The highest BCUT2D eigenvalue weighted by molar-refractivity contribution is 5.96. The maximum Gasteiger partial charge on any atom is 0.247 e. The van der Waals surface area contributed by atoms with Crippen LogP contribution in [0, 0.1) is 0 Å². The number of aliphatic hydroxyl groups excluding tert-OH is 2. The summed E-state index contributed by atoms with van der Waals surface area (Å²) in [6.07, 6.45) is 0.821. The van der Waals surface area contributed by atoms with Crippen molar-refractivity contribution >= 4 is 11.8 Å². The van der Waals surface area contributed by atoms with Gasteiger partial charge in [-0.1, -0.05) is 31.2 Å². The van der Waals surface area contributed by atoms with Crippen molar-refractivity contribution in [3.8, 4) is 17.2 Å². The fraction of sp³-hybridized carbons (Fsp3) is 0.407. The lowest BCUT2D eigenvalue weighted by molar-refractivity contribution is -0.138. The monoisotopic (exact) mass is 494 g/mol. The largest absolute Gasteiger partial charge is 0.486 e. The lowest BCUT2D eigenvalue weighted by Gasteiger charge is -2.40. The average molecular weight is 495 g/mol. The Bertz CT molecular complexity index is 1180. The number of fused-ring (bicyclic) bond motifs is 4. The van der Waals surface area contributed by atoms with Crippen molar-refractivity contribution in [3.63, 3.8) is 0 Å². The molecule has 190 valence electrons. The zero-order chi connectivity index (χ0) is 25.2. The van der Waals surface area contributed by atoms with Crippen LogP contribution in [0.2, 0.25) is 0 Å². The second-order valence-electron chi connectivity index (χ2n) is 9.14. The summed E-state index contributed by atoms with van der Waals surface area (Å²) < 4.78 is 17.0. The van der Waals surface area contributed by atoms with Gasteiger partial charge in [0, 0.05) is 30.6 Å². The maximum atomic E-state index is 13.3. The number of ether oxygens (including phenoxy) is 3. The minimum Gasteiger partial charge on any atom is -0.486 e. The van der Waals surface area contributed by atoms with E-state index < -0.39 is 24.2 Å². The van der Waals surface area contributed by atoms with Gasteiger partial charge in [0.25, 0.3) is 0 Å². The van der Waals surface area contributed by atoms with E-state index in [0.29, 0.717) is 35.7 Å². The minimum absolute atomic E-state index is 0.0962. The first kappa shape index (κ1) is 24.1. The van der Waals surface area contributed by atoms with Crippen molar-refractivity contribution < 1.29 is 34.0 Å².